The molecule has 1 aromatic carbocycles. The van der Waals surface area contributed by atoms with Crippen LogP contribution in [0, 0.1) is 6.92 Å². The number of methoxy groups -OCH3 is 1. The van der Waals surface area contributed by atoms with E-state index < -0.39 is 5.54 Å². The predicted molar refractivity (Wildman–Crippen MR) is 78.5 cm³/mol. The SMILES string of the molecule is COc1ccc(C)cc1C(=O)C(C)(C)N1CCOCC1. The molecule has 1 aliphatic heterocycles. The van der Waals surface area contributed by atoms with Crippen molar-refractivity contribution in [2.24, 2.45) is 0 Å². The lowest BCUT2D eigenvalue weighted by Crippen LogP contribution is -2.54. The minimum Gasteiger partial charge on any atom is -0.496 e. The van der Waals surface area contributed by atoms with Gasteiger partial charge in [-0.2, -0.15) is 0 Å². The van der Waals surface area contributed by atoms with E-state index in [0.717, 1.165) is 18.7 Å². The first-order valence-corrected chi connectivity index (χ1v) is 6.99. The van der Waals surface area contributed by atoms with Crippen LogP contribution in [0.4, 0.5) is 0 Å². The summed E-state index contributed by atoms with van der Waals surface area (Å²) in [6.07, 6.45) is 0. The monoisotopic (exact) mass is 277 g/mol. The molecule has 4 heteroatoms. The van der Waals surface area contributed by atoms with E-state index in [9.17, 15) is 4.79 Å². The summed E-state index contributed by atoms with van der Waals surface area (Å²) in [5.74, 6) is 0.738. The van der Waals surface area contributed by atoms with Crippen molar-refractivity contribution in [2.75, 3.05) is 33.4 Å². The van der Waals surface area contributed by atoms with E-state index in [1.54, 1.807) is 7.11 Å². The smallest absolute Gasteiger partial charge is 0.186 e. The number of benzene rings is 1. The third-order valence-corrected chi connectivity index (χ3v) is 3.96. The lowest BCUT2D eigenvalue weighted by molar-refractivity contribution is -0.00438. The second-order valence-electron chi connectivity index (χ2n) is 5.69. The zero-order valence-corrected chi connectivity index (χ0v) is 12.7. The van der Waals surface area contributed by atoms with Gasteiger partial charge in [-0.05, 0) is 32.9 Å². The summed E-state index contributed by atoms with van der Waals surface area (Å²) in [7, 11) is 1.60. The predicted octanol–water partition coefficient (Wildman–Crippen LogP) is 2.30. The number of rotatable bonds is 4. The number of Topliss-reactive ketones (excluding diaryl/α,β-unsaturated/α-hetero) is 1. The van der Waals surface area contributed by atoms with Gasteiger partial charge in [-0.15, -0.1) is 0 Å². The highest BCUT2D eigenvalue weighted by Crippen LogP contribution is 2.28. The summed E-state index contributed by atoms with van der Waals surface area (Å²) < 4.78 is 10.7. The lowest BCUT2D eigenvalue weighted by atomic mass is 9.89. The van der Waals surface area contributed by atoms with E-state index in [1.807, 2.05) is 39.0 Å². The van der Waals surface area contributed by atoms with E-state index in [0.29, 0.717) is 24.5 Å². The quantitative estimate of drug-likeness (QED) is 0.792. The van der Waals surface area contributed by atoms with E-state index in [2.05, 4.69) is 4.90 Å². The van der Waals surface area contributed by atoms with Crippen molar-refractivity contribution in [2.45, 2.75) is 26.3 Å². The fraction of sp³-hybridized carbons (Fsp3) is 0.562. The molecule has 20 heavy (non-hydrogen) atoms. The standard InChI is InChI=1S/C16H23NO3/c1-12-5-6-14(19-4)13(11-12)15(18)16(2,3)17-7-9-20-10-8-17/h5-6,11H,7-10H2,1-4H3. The average Bonchev–Trinajstić information content (AvgIpc) is 2.47. The van der Waals surface area contributed by atoms with Crippen LogP contribution in [-0.4, -0.2) is 49.6 Å². The van der Waals surface area contributed by atoms with Gasteiger partial charge in [0.1, 0.15) is 5.75 Å². The Hall–Kier alpha value is -1.39. The van der Waals surface area contributed by atoms with Gasteiger partial charge < -0.3 is 9.47 Å². The molecule has 4 nitrogen and oxygen atoms in total. The zero-order valence-electron chi connectivity index (χ0n) is 12.7. The number of morpholine rings is 1. The van der Waals surface area contributed by atoms with Gasteiger partial charge in [-0.1, -0.05) is 11.6 Å². The molecule has 1 fully saturated rings. The number of aryl methyl sites for hydroxylation is 1. The highest BCUT2D eigenvalue weighted by atomic mass is 16.5. The van der Waals surface area contributed by atoms with Gasteiger partial charge >= 0.3 is 0 Å². The summed E-state index contributed by atoms with van der Waals surface area (Å²) >= 11 is 0. The second kappa shape index (κ2) is 5.94. The molecular formula is C16H23NO3. The fourth-order valence-corrected chi connectivity index (χ4v) is 2.59. The molecule has 0 aliphatic carbocycles. The Bertz CT molecular complexity index is 490. The van der Waals surface area contributed by atoms with Crippen molar-refractivity contribution in [3.05, 3.63) is 29.3 Å². The number of hydrogen-bond acceptors (Lipinski definition) is 4. The van der Waals surface area contributed by atoms with Crippen molar-refractivity contribution in [1.29, 1.82) is 0 Å². The summed E-state index contributed by atoms with van der Waals surface area (Å²) in [6, 6.07) is 5.72. The maximum atomic E-state index is 12.9. The van der Waals surface area contributed by atoms with Crippen molar-refractivity contribution in [3.63, 3.8) is 0 Å². The number of carbonyl (C=O) groups excluding carboxylic acids is 1. The Balaban J connectivity index is 2.31. The van der Waals surface area contributed by atoms with Gasteiger partial charge in [0.2, 0.25) is 0 Å². The third kappa shape index (κ3) is 2.86. The average molecular weight is 277 g/mol. The summed E-state index contributed by atoms with van der Waals surface area (Å²) in [5, 5.41) is 0. The first kappa shape index (κ1) is 15.0. The van der Waals surface area contributed by atoms with Gasteiger partial charge in [-0.25, -0.2) is 0 Å². The Labute approximate surface area is 120 Å². The lowest BCUT2D eigenvalue weighted by Gasteiger charge is -2.39. The van der Waals surface area contributed by atoms with Gasteiger partial charge in [0.15, 0.2) is 5.78 Å². The molecule has 1 aromatic rings. The summed E-state index contributed by atoms with van der Waals surface area (Å²) in [6.45, 7) is 8.87. The van der Waals surface area contributed by atoms with Crippen LogP contribution in [0.15, 0.2) is 18.2 Å². The fourth-order valence-electron chi connectivity index (χ4n) is 2.59. The van der Waals surface area contributed by atoms with Crippen LogP contribution in [0.1, 0.15) is 29.8 Å². The molecule has 110 valence electrons. The number of ether oxygens (including phenoxy) is 2. The zero-order chi connectivity index (χ0) is 14.8. The molecule has 1 heterocycles. The van der Waals surface area contributed by atoms with E-state index >= 15 is 0 Å². The summed E-state index contributed by atoms with van der Waals surface area (Å²) in [4.78, 5) is 15.1. The third-order valence-electron chi connectivity index (χ3n) is 3.96. The Morgan fingerprint density at radius 3 is 2.55 bits per heavy atom. The molecule has 0 N–H and O–H groups in total. The number of carbonyl (C=O) groups is 1. The van der Waals surface area contributed by atoms with E-state index in [4.69, 9.17) is 9.47 Å². The molecule has 1 saturated heterocycles. The van der Waals surface area contributed by atoms with E-state index in [-0.39, 0.29) is 5.78 Å². The molecular weight excluding hydrogens is 254 g/mol. The largest absolute Gasteiger partial charge is 0.496 e. The maximum Gasteiger partial charge on any atom is 0.186 e. The second-order valence-corrected chi connectivity index (χ2v) is 5.69. The minimum absolute atomic E-state index is 0.0972. The first-order chi connectivity index (χ1) is 9.46. The number of hydrogen-bond donors (Lipinski definition) is 0. The van der Waals surface area contributed by atoms with Crippen molar-refractivity contribution >= 4 is 5.78 Å². The molecule has 0 unspecified atom stereocenters. The van der Waals surface area contributed by atoms with Crippen molar-refractivity contribution in [1.82, 2.24) is 4.90 Å². The van der Waals surface area contributed by atoms with Crippen LogP contribution in [0.25, 0.3) is 0 Å². The molecule has 0 atom stereocenters. The van der Waals surface area contributed by atoms with Gasteiger partial charge in [0.05, 0.1) is 31.4 Å². The van der Waals surface area contributed by atoms with Gasteiger partial charge in [0, 0.05) is 13.1 Å². The van der Waals surface area contributed by atoms with Crippen LogP contribution in [0.5, 0.6) is 5.75 Å². The molecule has 0 radical (unpaired) electrons. The topological polar surface area (TPSA) is 38.8 Å². The number of ketones is 1. The van der Waals surface area contributed by atoms with Gasteiger partial charge in [-0.3, -0.25) is 9.69 Å². The molecule has 0 bridgehead atoms. The molecule has 0 aromatic heterocycles. The highest BCUT2D eigenvalue weighted by molar-refractivity contribution is 6.05. The van der Waals surface area contributed by atoms with Crippen molar-refractivity contribution < 1.29 is 14.3 Å². The first-order valence-electron chi connectivity index (χ1n) is 6.99. The Morgan fingerprint density at radius 2 is 1.95 bits per heavy atom. The minimum atomic E-state index is -0.551. The Morgan fingerprint density at radius 1 is 1.30 bits per heavy atom. The Kier molecular flexibility index (Phi) is 4.45. The van der Waals surface area contributed by atoms with Crippen LogP contribution in [0.3, 0.4) is 0 Å². The van der Waals surface area contributed by atoms with Gasteiger partial charge in [0.25, 0.3) is 0 Å². The number of nitrogens with zero attached hydrogens (tertiary/aromatic N) is 1. The normalized spacial score (nSPS) is 17.0. The molecule has 1 aliphatic rings. The molecule has 0 saturated carbocycles. The maximum absolute atomic E-state index is 12.9. The molecule has 0 spiro atoms. The van der Waals surface area contributed by atoms with Crippen LogP contribution in [-0.2, 0) is 4.74 Å². The highest BCUT2D eigenvalue weighted by Gasteiger charge is 2.37. The van der Waals surface area contributed by atoms with E-state index in [1.165, 1.54) is 0 Å². The molecule has 0 amide bonds. The molecule has 2 rings (SSSR count). The van der Waals surface area contributed by atoms with Crippen LogP contribution in [0.2, 0.25) is 0 Å². The van der Waals surface area contributed by atoms with Crippen molar-refractivity contribution in [3.8, 4) is 5.75 Å². The summed E-state index contributed by atoms with van der Waals surface area (Å²) in [5.41, 5.74) is 1.17. The van der Waals surface area contributed by atoms with Crippen LogP contribution >= 0.6 is 0 Å². The van der Waals surface area contributed by atoms with Crippen LogP contribution < -0.4 is 4.74 Å².